The van der Waals surface area contributed by atoms with Crippen LogP contribution in [0.2, 0.25) is 0 Å². The second kappa shape index (κ2) is 6.72. The molecule has 1 N–H and O–H groups in total. The fraction of sp³-hybridized carbons (Fsp3) is 1.00. The van der Waals surface area contributed by atoms with Crippen LogP contribution < -0.4 is 5.32 Å². The minimum absolute atomic E-state index is 0.742. The van der Waals surface area contributed by atoms with Gasteiger partial charge in [0.25, 0.3) is 0 Å². The molecule has 0 saturated carbocycles. The van der Waals surface area contributed by atoms with E-state index in [0.717, 1.165) is 31.1 Å². The number of nitrogens with zero attached hydrogens (tertiary/aromatic N) is 1. The van der Waals surface area contributed by atoms with E-state index < -0.39 is 0 Å². The average Bonchev–Trinajstić information content (AvgIpc) is 2.40. The molecular formula is C14H28N2O. The lowest BCUT2D eigenvalue weighted by atomic mass is 9.89. The van der Waals surface area contributed by atoms with E-state index in [9.17, 15) is 0 Å². The van der Waals surface area contributed by atoms with Gasteiger partial charge in [-0.1, -0.05) is 13.3 Å². The molecule has 17 heavy (non-hydrogen) atoms. The first kappa shape index (κ1) is 13.3. The molecule has 100 valence electrons. The summed E-state index contributed by atoms with van der Waals surface area (Å²) in [7, 11) is 2.11. The van der Waals surface area contributed by atoms with Gasteiger partial charge in [-0.3, -0.25) is 0 Å². The number of nitrogens with one attached hydrogen (secondary N) is 1. The minimum Gasteiger partial charge on any atom is -0.381 e. The van der Waals surface area contributed by atoms with Crippen molar-refractivity contribution in [3.05, 3.63) is 0 Å². The summed E-state index contributed by atoms with van der Waals surface area (Å²) in [6.07, 6.45) is 5.15. The van der Waals surface area contributed by atoms with Crippen molar-refractivity contribution in [2.24, 2.45) is 11.8 Å². The van der Waals surface area contributed by atoms with Gasteiger partial charge in [0.2, 0.25) is 0 Å². The Bertz CT molecular complexity index is 214. The third-order valence-corrected chi connectivity index (χ3v) is 4.57. The molecule has 2 unspecified atom stereocenters. The Morgan fingerprint density at radius 2 is 2.00 bits per heavy atom. The topological polar surface area (TPSA) is 24.5 Å². The smallest absolute Gasteiger partial charge is 0.0469 e. The Morgan fingerprint density at radius 3 is 2.65 bits per heavy atom. The molecule has 0 aliphatic carbocycles. The Balaban J connectivity index is 1.78. The first-order valence-electron chi connectivity index (χ1n) is 7.30. The number of hydrogen-bond donors (Lipinski definition) is 1. The zero-order chi connectivity index (χ0) is 12.1. The molecule has 3 heteroatoms. The van der Waals surface area contributed by atoms with Crippen LogP contribution in [0.25, 0.3) is 0 Å². The summed E-state index contributed by atoms with van der Waals surface area (Å²) in [4.78, 5) is 2.69. The number of ether oxygens (including phenoxy) is 1. The maximum absolute atomic E-state index is 5.44. The molecule has 2 fully saturated rings. The zero-order valence-electron chi connectivity index (χ0n) is 11.5. The maximum atomic E-state index is 5.44. The van der Waals surface area contributed by atoms with Crippen molar-refractivity contribution in [1.29, 1.82) is 0 Å². The average molecular weight is 240 g/mol. The van der Waals surface area contributed by atoms with Crippen molar-refractivity contribution >= 4 is 0 Å². The molecule has 3 nitrogen and oxygen atoms in total. The van der Waals surface area contributed by atoms with Crippen LogP contribution >= 0.6 is 0 Å². The normalized spacial score (nSPS) is 32.8. The second-order valence-corrected chi connectivity index (χ2v) is 5.67. The zero-order valence-corrected chi connectivity index (χ0v) is 11.5. The fourth-order valence-corrected chi connectivity index (χ4v) is 3.36. The van der Waals surface area contributed by atoms with Gasteiger partial charge in [0.15, 0.2) is 0 Å². The van der Waals surface area contributed by atoms with Crippen LogP contribution in [0.15, 0.2) is 0 Å². The van der Waals surface area contributed by atoms with Gasteiger partial charge in [0.1, 0.15) is 0 Å². The molecule has 0 aromatic carbocycles. The molecule has 0 amide bonds. The van der Waals surface area contributed by atoms with E-state index in [1.165, 1.54) is 45.3 Å². The van der Waals surface area contributed by atoms with Gasteiger partial charge >= 0.3 is 0 Å². The lowest BCUT2D eigenvalue weighted by Crippen LogP contribution is -2.49. The predicted octanol–water partition coefficient (Wildman–Crippen LogP) is 1.73. The third kappa shape index (κ3) is 3.67. The van der Waals surface area contributed by atoms with Gasteiger partial charge in [0, 0.05) is 32.3 Å². The number of likely N-dealkylation sites (tertiary alicyclic amines) is 1. The molecule has 2 aliphatic rings. The Kier molecular flexibility index (Phi) is 5.26. The van der Waals surface area contributed by atoms with Crippen LogP contribution in [0.5, 0.6) is 0 Å². The molecule has 2 rings (SSSR count). The number of piperidine rings is 1. The van der Waals surface area contributed by atoms with Crippen molar-refractivity contribution < 1.29 is 4.74 Å². The summed E-state index contributed by atoms with van der Waals surface area (Å²) in [5.41, 5.74) is 0. The lowest BCUT2D eigenvalue weighted by Gasteiger charge is -2.40. The van der Waals surface area contributed by atoms with E-state index in [-0.39, 0.29) is 0 Å². The molecular weight excluding hydrogens is 212 g/mol. The summed E-state index contributed by atoms with van der Waals surface area (Å²) in [5, 5.41) is 3.48. The molecule has 2 saturated heterocycles. The van der Waals surface area contributed by atoms with Gasteiger partial charge in [-0.05, 0) is 44.7 Å². The summed E-state index contributed by atoms with van der Waals surface area (Å²) < 4.78 is 5.44. The van der Waals surface area contributed by atoms with Crippen molar-refractivity contribution in [2.75, 3.05) is 39.9 Å². The van der Waals surface area contributed by atoms with Crippen molar-refractivity contribution in [3.8, 4) is 0 Å². The first-order chi connectivity index (χ1) is 8.33. The predicted molar refractivity (Wildman–Crippen MR) is 71.2 cm³/mol. The highest BCUT2D eigenvalue weighted by molar-refractivity contribution is 4.84. The Labute approximate surface area is 106 Å². The highest BCUT2D eigenvalue weighted by atomic mass is 16.5. The first-order valence-corrected chi connectivity index (χ1v) is 7.30. The minimum atomic E-state index is 0.742. The molecule has 0 spiro atoms. The van der Waals surface area contributed by atoms with Crippen LogP contribution in [0.1, 0.15) is 32.6 Å². The van der Waals surface area contributed by atoms with E-state index in [4.69, 9.17) is 4.74 Å². The summed E-state index contributed by atoms with van der Waals surface area (Å²) >= 11 is 0. The fourth-order valence-electron chi connectivity index (χ4n) is 3.36. The molecule has 0 radical (unpaired) electrons. The van der Waals surface area contributed by atoms with Crippen molar-refractivity contribution in [3.63, 3.8) is 0 Å². The van der Waals surface area contributed by atoms with Crippen LogP contribution in [-0.2, 0) is 4.74 Å². The van der Waals surface area contributed by atoms with Crippen LogP contribution in [0, 0.1) is 11.8 Å². The molecule has 2 aliphatic heterocycles. The molecule has 0 aromatic rings. The highest BCUT2D eigenvalue weighted by Crippen LogP contribution is 2.23. The molecule has 0 aromatic heterocycles. The van der Waals surface area contributed by atoms with E-state index in [1.807, 2.05) is 0 Å². The van der Waals surface area contributed by atoms with E-state index in [0.29, 0.717) is 0 Å². The Morgan fingerprint density at radius 1 is 1.24 bits per heavy atom. The van der Waals surface area contributed by atoms with Gasteiger partial charge in [-0.25, -0.2) is 0 Å². The monoisotopic (exact) mass is 240 g/mol. The van der Waals surface area contributed by atoms with Gasteiger partial charge in [-0.15, -0.1) is 0 Å². The SMILES string of the molecule is CCC1CN(CC2CCOCC2)CCC1NC. The van der Waals surface area contributed by atoms with Crippen molar-refractivity contribution in [2.45, 2.75) is 38.6 Å². The second-order valence-electron chi connectivity index (χ2n) is 5.67. The maximum Gasteiger partial charge on any atom is 0.0469 e. The standard InChI is InChI=1S/C14H28N2O/c1-3-13-11-16(7-4-14(13)15-2)10-12-5-8-17-9-6-12/h12-15H,3-11H2,1-2H3. The van der Waals surface area contributed by atoms with E-state index >= 15 is 0 Å². The van der Waals surface area contributed by atoms with Crippen LogP contribution in [0.4, 0.5) is 0 Å². The van der Waals surface area contributed by atoms with Crippen molar-refractivity contribution in [1.82, 2.24) is 10.2 Å². The number of hydrogen-bond acceptors (Lipinski definition) is 3. The van der Waals surface area contributed by atoms with Gasteiger partial charge < -0.3 is 15.0 Å². The largest absolute Gasteiger partial charge is 0.381 e. The third-order valence-electron chi connectivity index (χ3n) is 4.57. The van der Waals surface area contributed by atoms with Gasteiger partial charge in [-0.2, -0.15) is 0 Å². The Hall–Kier alpha value is -0.120. The number of rotatable bonds is 4. The quantitative estimate of drug-likeness (QED) is 0.810. The van der Waals surface area contributed by atoms with E-state index in [1.54, 1.807) is 0 Å². The highest BCUT2D eigenvalue weighted by Gasteiger charge is 2.28. The molecule has 0 bridgehead atoms. The van der Waals surface area contributed by atoms with E-state index in [2.05, 4.69) is 24.2 Å². The lowest BCUT2D eigenvalue weighted by molar-refractivity contribution is 0.0413. The van der Waals surface area contributed by atoms with Crippen LogP contribution in [-0.4, -0.2) is 50.8 Å². The summed E-state index contributed by atoms with van der Waals surface area (Å²) in [6.45, 7) is 8.16. The molecule has 2 heterocycles. The van der Waals surface area contributed by atoms with Crippen LogP contribution in [0.3, 0.4) is 0 Å². The van der Waals surface area contributed by atoms with Gasteiger partial charge in [0.05, 0.1) is 0 Å². The molecule has 2 atom stereocenters. The summed E-state index contributed by atoms with van der Waals surface area (Å²) in [5.74, 6) is 1.72. The summed E-state index contributed by atoms with van der Waals surface area (Å²) in [6, 6.07) is 0.742.